The summed E-state index contributed by atoms with van der Waals surface area (Å²) in [5.74, 6) is 6.44. The van der Waals surface area contributed by atoms with Gasteiger partial charge in [0.15, 0.2) is 0 Å². The van der Waals surface area contributed by atoms with Crippen LogP contribution in [-0.2, 0) is 6.54 Å². The standard InChI is InChI=1S/C17H24N2O/c1-2-3-10-18-17-7-5-4-6-16(17)13-19-11-8-15(14-20)9-12-19/h4-7,15,18,20H,8-14H2,1H3. The van der Waals surface area contributed by atoms with Gasteiger partial charge in [-0.1, -0.05) is 24.1 Å². The number of hydrogen-bond acceptors (Lipinski definition) is 3. The first-order valence-electron chi connectivity index (χ1n) is 7.38. The van der Waals surface area contributed by atoms with Crippen molar-refractivity contribution in [1.82, 2.24) is 4.90 Å². The maximum atomic E-state index is 9.19. The summed E-state index contributed by atoms with van der Waals surface area (Å²) in [5.41, 5.74) is 2.51. The average molecular weight is 272 g/mol. The van der Waals surface area contributed by atoms with Gasteiger partial charge in [-0.05, 0) is 50.4 Å². The fourth-order valence-electron chi connectivity index (χ4n) is 2.63. The van der Waals surface area contributed by atoms with E-state index in [0.717, 1.165) is 32.5 Å². The molecule has 0 spiro atoms. The van der Waals surface area contributed by atoms with Gasteiger partial charge in [0.05, 0.1) is 6.54 Å². The number of aliphatic hydroxyl groups excluding tert-OH is 1. The van der Waals surface area contributed by atoms with E-state index in [1.807, 2.05) is 6.92 Å². The summed E-state index contributed by atoms with van der Waals surface area (Å²) in [5, 5.41) is 12.6. The normalized spacial score (nSPS) is 16.5. The van der Waals surface area contributed by atoms with Gasteiger partial charge in [-0.25, -0.2) is 0 Å². The van der Waals surface area contributed by atoms with Crippen molar-refractivity contribution in [3.8, 4) is 11.8 Å². The molecule has 0 radical (unpaired) electrons. The molecule has 1 fully saturated rings. The van der Waals surface area contributed by atoms with Crippen LogP contribution in [0.5, 0.6) is 0 Å². The lowest BCUT2D eigenvalue weighted by atomic mass is 9.97. The van der Waals surface area contributed by atoms with Gasteiger partial charge in [0.2, 0.25) is 0 Å². The lowest BCUT2D eigenvalue weighted by Crippen LogP contribution is -2.34. The van der Waals surface area contributed by atoms with Gasteiger partial charge in [-0.15, -0.1) is 5.92 Å². The first kappa shape index (κ1) is 14.9. The Bertz CT molecular complexity index is 467. The Balaban J connectivity index is 1.93. The molecule has 0 amide bonds. The first-order chi connectivity index (χ1) is 9.83. The molecule has 0 aromatic heterocycles. The van der Waals surface area contributed by atoms with Gasteiger partial charge < -0.3 is 10.4 Å². The van der Waals surface area contributed by atoms with Gasteiger partial charge in [-0.3, -0.25) is 4.90 Å². The molecule has 0 aliphatic carbocycles. The fourth-order valence-corrected chi connectivity index (χ4v) is 2.63. The van der Waals surface area contributed by atoms with E-state index in [0.29, 0.717) is 19.1 Å². The number of anilines is 1. The Hall–Kier alpha value is -1.50. The van der Waals surface area contributed by atoms with Crippen LogP contribution in [0.1, 0.15) is 25.3 Å². The zero-order valence-electron chi connectivity index (χ0n) is 12.2. The third kappa shape index (κ3) is 4.26. The molecule has 108 valence electrons. The molecule has 20 heavy (non-hydrogen) atoms. The van der Waals surface area contributed by atoms with Crippen molar-refractivity contribution in [2.45, 2.75) is 26.3 Å². The van der Waals surface area contributed by atoms with E-state index in [-0.39, 0.29) is 0 Å². The number of nitrogens with zero attached hydrogens (tertiary/aromatic N) is 1. The second-order valence-corrected chi connectivity index (χ2v) is 5.34. The quantitative estimate of drug-likeness (QED) is 0.808. The number of para-hydroxylation sites is 1. The molecular weight excluding hydrogens is 248 g/mol. The van der Waals surface area contributed by atoms with Crippen molar-refractivity contribution in [2.75, 3.05) is 31.6 Å². The summed E-state index contributed by atoms with van der Waals surface area (Å²) in [7, 11) is 0. The molecule has 0 atom stereocenters. The highest BCUT2D eigenvalue weighted by atomic mass is 16.3. The van der Waals surface area contributed by atoms with Crippen molar-refractivity contribution in [3.05, 3.63) is 29.8 Å². The van der Waals surface area contributed by atoms with Crippen LogP contribution >= 0.6 is 0 Å². The number of rotatable bonds is 5. The number of benzene rings is 1. The zero-order chi connectivity index (χ0) is 14.2. The number of likely N-dealkylation sites (tertiary alicyclic amines) is 1. The largest absolute Gasteiger partial charge is 0.396 e. The highest BCUT2D eigenvalue weighted by Gasteiger charge is 2.18. The van der Waals surface area contributed by atoms with Crippen molar-refractivity contribution in [2.24, 2.45) is 5.92 Å². The van der Waals surface area contributed by atoms with Crippen molar-refractivity contribution >= 4 is 5.69 Å². The topological polar surface area (TPSA) is 35.5 Å². The van der Waals surface area contributed by atoms with E-state index in [1.54, 1.807) is 0 Å². The molecule has 3 heteroatoms. The molecule has 1 saturated heterocycles. The molecular formula is C17H24N2O. The Morgan fingerprint density at radius 3 is 2.75 bits per heavy atom. The molecule has 1 heterocycles. The van der Waals surface area contributed by atoms with E-state index in [2.05, 4.69) is 46.3 Å². The van der Waals surface area contributed by atoms with Crippen LogP contribution in [0, 0.1) is 17.8 Å². The summed E-state index contributed by atoms with van der Waals surface area (Å²) >= 11 is 0. The molecule has 1 aromatic carbocycles. The third-order valence-electron chi connectivity index (χ3n) is 3.92. The highest BCUT2D eigenvalue weighted by molar-refractivity contribution is 5.51. The number of hydrogen-bond donors (Lipinski definition) is 2. The lowest BCUT2D eigenvalue weighted by Gasteiger charge is -2.31. The van der Waals surface area contributed by atoms with Crippen molar-refractivity contribution < 1.29 is 5.11 Å². The Morgan fingerprint density at radius 1 is 1.30 bits per heavy atom. The minimum Gasteiger partial charge on any atom is -0.396 e. The Kier molecular flexibility index (Phi) is 5.91. The van der Waals surface area contributed by atoms with Gasteiger partial charge in [-0.2, -0.15) is 0 Å². The van der Waals surface area contributed by atoms with Crippen LogP contribution in [0.3, 0.4) is 0 Å². The summed E-state index contributed by atoms with van der Waals surface area (Å²) in [6.07, 6.45) is 2.21. The van der Waals surface area contributed by atoms with Crippen LogP contribution < -0.4 is 5.32 Å². The zero-order valence-corrected chi connectivity index (χ0v) is 12.2. The second kappa shape index (κ2) is 7.94. The van der Waals surface area contributed by atoms with Crippen LogP contribution in [0.4, 0.5) is 5.69 Å². The van der Waals surface area contributed by atoms with Crippen molar-refractivity contribution in [1.29, 1.82) is 0 Å². The number of aliphatic hydroxyl groups is 1. The lowest BCUT2D eigenvalue weighted by molar-refractivity contribution is 0.127. The molecule has 1 aliphatic rings. The van der Waals surface area contributed by atoms with Gasteiger partial charge >= 0.3 is 0 Å². The maximum absolute atomic E-state index is 9.19. The number of nitrogens with one attached hydrogen (secondary N) is 1. The van der Waals surface area contributed by atoms with E-state index in [1.165, 1.54) is 11.3 Å². The Labute approximate surface area is 122 Å². The van der Waals surface area contributed by atoms with Crippen LogP contribution in [0.15, 0.2) is 24.3 Å². The molecule has 3 nitrogen and oxygen atoms in total. The van der Waals surface area contributed by atoms with Gasteiger partial charge in [0.1, 0.15) is 0 Å². The molecule has 1 aliphatic heterocycles. The van der Waals surface area contributed by atoms with E-state index in [4.69, 9.17) is 0 Å². The van der Waals surface area contributed by atoms with Gasteiger partial charge in [0, 0.05) is 18.8 Å². The molecule has 2 N–H and O–H groups in total. The van der Waals surface area contributed by atoms with Crippen LogP contribution in [-0.4, -0.2) is 36.2 Å². The first-order valence-corrected chi connectivity index (χ1v) is 7.38. The third-order valence-corrected chi connectivity index (χ3v) is 3.92. The summed E-state index contributed by atoms with van der Waals surface area (Å²) < 4.78 is 0. The maximum Gasteiger partial charge on any atom is 0.0765 e. The molecule has 2 rings (SSSR count). The van der Waals surface area contributed by atoms with E-state index in [9.17, 15) is 5.11 Å². The predicted octanol–water partition coefficient (Wildman–Crippen LogP) is 2.33. The van der Waals surface area contributed by atoms with Crippen molar-refractivity contribution in [3.63, 3.8) is 0 Å². The molecule has 0 saturated carbocycles. The summed E-state index contributed by atoms with van der Waals surface area (Å²) in [4.78, 5) is 2.47. The number of piperidine rings is 1. The molecule has 0 bridgehead atoms. The molecule has 1 aromatic rings. The highest BCUT2D eigenvalue weighted by Crippen LogP contribution is 2.21. The monoisotopic (exact) mass is 272 g/mol. The molecule has 0 unspecified atom stereocenters. The minimum absolute atomic E-state index is 0.335. The van der Waals surface area contributed by atoms with Crippen LogP contribution in [0.25, 0.3) is 0 Å². The SMILES string of the molecule is CC#CCNc1ccccc1CN1CCC(CO)CC1. The van der Waals surface area contributed by atoms with Gasteiger partial charge in [0.25, 0.3) is 0 Å². The van der Waals surface area contributed by atoms with E-state index < -0.39 is 0 Å². The average Bonchev–Trinajstić information content (AvgIpc) is 2.50. The minimum atomic E-state index is 0.335. The van der Waals surface area contributed by atoms with Crippen LogP contribution in [0.2, 0.25) is 0 Å². The predicted molar refractivity (Wildman–Crippen MR) is 83.5 cm³/mol. The Morgan fingerprint density at radius 2 is 2.05 bits per heavy atom. The smallest absolute Gasteiger partial charge is 0.0765 e. The van der Waals surface area contributed by atoms with E-state index >= 15 is 0 Å². The fraction of sp³-hybridized carbons (Fsp3) is 0.529. The summed E-state index contributed by atoms with van der Waals surface area (Å²) in [6.45, 7) is 6.02. The second-order valence-electron chi connectivity index (χ2n) is 5.34. The summed E-state index contributed by atoms with van der Waals surface area (Å²) in [6, 6.07) is 8.45.